The van der Waals surface area contributed by atoms with Crippen molar-refractivity contribution in [1.82, 2.24) is 15.5 Å². The highest BCUT2D eigenvalue weighted by atomic mass is 32.1. The van der Waals surface area contributed by atoms with Gasteiger partial charge in [-0.15, -0.1) is 21.5 Å². The zero-order chi connectivity index (χ0) is 13.9. The zero-order valence-corrected chi connectivity index (χ0v) is 11.7. The Balaban J connectivity index is 1.99. The third-order valence-electron chi connectivity index (χ3n) is 3.56. The maximum absolute atomic E-state index is 12.8. The van der Waals surface area contributed by atoms with E-state index in [1.807, 2.05) is 7.05 Å². The number of hydrogen-bond donors (Lipinski definition) is 1. The van der Waals surface area contributed by atoms with Crippen LogP contribution in [0.25, 0.3) is 0 Å². The van der Waals surface area contributed by atoms with Gasteiger partial charge in [-0.25, -0.2) is 0 Å². The molecule has 1 aliphatic rings. The lowest BCUT2D eigenvalue weighted by atomic mass is 9.81. The number of likely N-dealkylation sites (N-methyl/N-ethyl adjacent to an activating group) is 1. The van der Waals surface area contributed by atoms with E-state index in [-0.39, 0.29) is 18.8 Å². The summed E-state index contributed by atoms with van der Waals surface area (Å²) < 4.78 is 38.3. The highest BCUT2D eigenvalue weighted by Crippen LogP contribution is 2.44. The quantitative estimate of drug-likeness (QED) is 0.927. The Morgan fingerprint density at radius 1 is 1.32 bits per heavy atom. The number of alkyl halides is 3. The summed E-state index contributed by atoms with van der Waals surface area (Å²) in [4.78, 5) is 0. The lowest BCUT2D eigenvalue weighted by molar-refractivity contribution is -0.183. The van der Waals surface area contributed by atoms with Gasteiger partial charge in [0.2, 0.25) is 0 Å². The summed E-state index contributed by atoms with van der Waals surface area (Å²) in [5, 5.41) is 12.8. The summed E-state index contributed by atoms with van der Waals surface area (Å²) in [6, 6.07) is 0. The highest BCUT2D eigenvalue weighted by molar-refractivity contribution is 7.11. The number of nitrogens with one attached hydrogen (secondary N) is 1. The second-order valence-electron chi connectivity index (χ2n) is 4.99. The Morgan fingerprint density at radius 2 is 2.11 bits per heavy atom. The van der Waals surface area contributed by atoms with Crippen molar-refractivity contribution in [3.8, 4) is 0 Å². The normalized spacial score (nSPS) is 24.6. The molecule has 108 valence electrons. The second-order valence-corrected chi connectivity index (χ2v) is 6.08. The number of nitrogens with zero attached hydrogens (tertiary/aromatic N) is 2. The summed E-state index contributed by atoms with van der Waals surface area (Å²) in [5.74, 6) is -1.24. The molecule has 1 heterocycles. The maximum Gasteiger partial charge on any atom is 0.391 e. The van der Waals surface area contributed by atoms with Crippen molar-refractivity contribution in [2.75, 3.05) is 13.6 Å². The van der Waals surface area contributed by atoms with E-state index in [9.17, 15) is 13.2 Å². The van der Waals surface area contributed by atoms with Crippen LogP contribution in [0.15, 0.2) is 0 Å². The molecule has 0 bridgehead atoms. The van der Waals surface area contributed by atoms with E-state index in [4.69, 9.17) is 0 Å². The van der Waals surface area contributed by atoms with Crippen LogP contribution in [-0.4, -0.2) is 30.0 Å². The average Bonchev–Trinajstić information content (AvgIpc) is 2.84. The smallest absolute Gasteiger partial charge is 0.319 e. The van der Waals surface area contributed by atoms with Gasteiger partial charge in [0.05, 0.1) is 5.92 Å². The third-order valence-corrected chi connectivity index (χ3v) is 4.70. The summed E-state index contributed by atoms with van der Waals surface area (Å²) >= 11 is 1.46. The van der Waals surface area contributed by atoms with E-state index in [0.29, 0.717) is 6.42 Å². The molecule has 0 spiro atoms. The van der Waals surface area contributed by atoms with E-state index in [1.165, 1.54) is 11.3 Å². The topological polar surface area (TPSA) is 37.8 Å². The summed E-state index contributed by atoms with van der Waals surface area (Å²) in [6.07, 6.45) is -1.44. The number of hydrogen-bond acceptors (Lipinski definition) is 4. The largest absolute Gasteiger partial charge is 0.391 e. The molecule has 1 aromatic rings. The van der Waals surface area contributed by atoms with Gasteiger partial charge in [0.1, 0.15) is 10.0 Å². The standard InChI is InChI=1S/C12H18F3N3S/c1-16-6-5-10-17-18-11(19-10)8-3-2-4-9(7-8)12(13,14)15/h8-9,16H,2-7H2,1H3. The molecule has 2 atom stereocenters. The first kappa shape index (κ1) is 14.7. The third kappa shape index (κ3) is 3.89. The fourth-order valence-electron chi connectivity index (χ4n) is 2.48. The molecule has 1 aromatic heterocycles. The number of aromatic nitrogens is 2. The van der Waals surface area contributed by atoms with Gasteiger partial charge in [-0.3, -0.25) is 0 Å². The molecule has 1 saturated carbocycles. The van der Waals surface area contributed by atoms with Crippen LogP contribution >= 0.6 is 11.3 Å². The predicted molar refractivity (Wildman–Crippen MR) is 68.3 cm³/mol. The first-order chi connectivity index (χ1) is 9.00. The lowest BCUT2D eigenvalue weighted by Crippen LogP contribution is -2.28. The molecule has 19 heavy (non-hydrogen) atoms. The summed E-state index contributed by atoms with van der Waals surface area (Å²) in [5.41, 5.74) is 0. The first-order valence-electron chi connectivity index (χ1n) is 6.54. The molecule has 0 aromatic carbocycles. The van der Waals surface area contributed by atoms with Crippen LogP contribution in [0.2, 0.25) is 0 Å². The fraction of sp³-hybridized carbons (Fsp3) is 0.833. The Labute approximate surface area is 114 Å². The van der Waals surface area contributed by atoms with E-state index in [1.54, 1.807) is 0 Å². The summed E-state index contributed by atoms with van der Waals surface area (Å²) in [6.45, 7) is 0.810. The Hall–Kier alpha value is -0.690. The molecular weight excluding hydrogens is 275 g/mol. The van der Waals surface area contributed by atoms with Gasteiger partial charge in [0.15, 0.2) is 0 Å². The van der Waals surface area contributed by atoms with Crippen LogP contribution < -0.4 is 5.32 Å². The zero-order valence-electron chi connectivity index (χ0n) is 10.8. The lowest BCUT2D eigenvalue weighted by Gasteiger charge is -2.29. The molecule has 0 radical (unpaired) electrons. The fourth-order valence-corrected chi connectivity index (χ4v) is 3.47. The van der Waals surface area contributed by atoms with Crippen molar-refractivity contribution in [1.29, 1.82) is 0 Å². The van der Waals surface area contributed by atoms with Crippen molar-refractivity contribution in [3.05, 3.63) is 10.0 Å². The molecule has 2 unspecified atom stereocenters. The average molecular weight is 293 g/mol. The van der Waals surface area contributed by atoms with Gasteiger partial charge >= 0.3 is 6.18 Å². The highest BCUT2D eigenvalue weighted by Gasteiger charge is 2.42. The second kappa shape index (κ2) is 6.17. The molecule has 0 saturated heterocycles. The van der Waals surface area contributed by atoms with Gasteiger partial charge in [-0.05, 0) is 26.3 Å². The SMILES string of the molecule is CNCCc1nnc(C2CCCC(C(F)(F)F)C2)s1. The Bertz CT molecular complexity index is 405. The first-order valence-corrected chi connectivity index (χ1v) is 7.36. The molecule has 7 heteroatoms. The van der Waals surface area contributed by atoms with Crippen molar-refractivity contribution in [2.45, 2.75) is 44.2 Å². The van der Waals surface area contributed by atoms with Gasteiger partial charge in [0.25, 0.3) is 0 Å². The molecule has 2 rings (SSSR count). The van der Waals surface area contributed by atoms with Crippen LogP contribution in [0.5, 0.6) is 0 Å². The van der Waals surface area contributed by atoms with Crippen molar-refractivity contribution < 1.29 is 13.2 Å². The Kier molecular flexibility index (Phi) is 4.78. The van der Waals surface area contributed by atoms with Crippen LogP contribution in [0.4, 0.5) is 13.2 Å². The van der Waals surface area contributed by atoms with Gasteiger partial charge < -0.3 is 5.32 Å². The van der Waals surface area contributed by atoms with Crippen molar-refractivity contribution in [3.63, 3.8) is 0 Å². The minimum atomic E-state index is -4.07. The molecule has 0 amide bonds. The van der Waals surface area contributed by atoms with Gasteiger partial charge in [0, 0.05) is 18.9 Å². The van der Waals surface area contributed by atoms with E-state index in [2.05, 4.69) is 15.5 Å². The number of rotatable bonds is 4. The van der Waals surface area contributed by atoms with E-state index < -0.39 is 12.1 Å². The minimum Gasteiger partial charge on any atom is -0.319 e. The van der Waals surface area contributed by atoms with E-state index >= 15 is 0 Å². The van der Waals surface area contributed by atoms with E-state index in [0.717, 1.165) is 29.4 Å². The van der Waals surface area contributed by atoms with Crippen molar-refractivity contribution in [2.24, 2.45) is 5.92 Å². The van der Waals surface area contributed by atoms with Crippen LogP contribution in [-0.2, 0) is 6.42 Å². The van der Waals surface area contributed by atoms with Crippen LogP contribution in [0, 0.1) is 5.92 Å². The molecule has 1 aliphatic carbocycles. The minimum absolute atomic E-state index is 0.0683. The predicted octanol–water partition coefficient (Wildman–Crippen LogP) is 3.14. The van der Waals surface area contributed by atoms with Crippen LogP contribution in [0.1, 0.15) is 41.6 Å². The Morgan fingerprint density at radius 3 is 2.79 bits per heavy atom. The van der Waals surface area contributed by atoms with Gasteiger partial charge in [-0.2, -0.15) is 13.2 Å². The monoisotopic (exact) mass is 293 g/mol. The molecule has 1 fully saturated rings. The molecule has 0 aliphatic heterocycles. The molecule has 1 N–H and O–H groups in total. The van der Waals surface area contributed by atoms with Gasteiger partial charge in [-0.1, -0.05) is 6.42 Å². The molecular formula is C12H18F3N3S. The molecule has 3 nitrogen and oxygen atoms in total. The number of halogens is 3. The maximum atomic E-state index is 12.8. The van der Waals surface area contributed by atoms with Crippen LogP contribution in [0.3, 0.4) is 0 Å². The van der Waals surface area contributed by atoms with Crippen molar-refractivity contribution >= 4 is 11.3 Å². The summed E-state index contributed by atoms with van der Waals surface area (Å²) in [7, 11) is 1.86.